The smallest absolute Gasteiger partial charge is 0.0453 e. The van der Waals surface area contributed by atoms with Gasteiger partial charge in [0.05, 0.1) is 0 Å². The minimum atomic E-state index is 0.867. The molecule has 0 aliphatic heterocycles. The van der Waals surface area contributed by atoms with Crippen molar-refractivity contribution >= 4 is 11.6 Å². The number of allylic oxidation sites excluding steroid dienone is 1. The van der Waals surface area contributed by atoms with Gasteiger partial charge in [-0.05, 0) is 56.3 Å². The molecule has 1 aliphatic rings. The zero-order chi connectivity index (χ0) is 12.1. The van der Waals surface area contributed by atoms with Crippen molar-refractivity contribution in [2.75, 3.05) is 6.54 Å². The van der Waals surface area contributed by atoms with Crippen molar-refractivity contribution in [1.82, 2.24) is 5.32 Å². The minimum Gasteiger partial charge on any atom is -0.312 e. The minimum absolute atomic E-state index is 0.867. The Kier molecular flexibility index (Phi) is 4.64. The van der Waals surface area contributed by atoms with Crippen LogP contribution in [0.1, 0.15) is 36.8 Å². The van der Waals surface area contributed by atoms with Crippen LogP contribution in [0.15, 0.2) is 29.8 Å². The summed E-state index contributed by atoms with van der Waals surface area (Å²) < 4.78 is 0. The highest BCUT2D eigenvalue weighted by molar-refractivity contribution is 6.31. The SMILES string of the molecule is Cc1ccc(CNCCC2=CCCC2)c(Cl)c1. The largest absolute Gasteiger partial charge is 0.312 e. The summed E-state index contributed by atoms with van der Waals surface area (Å²) in [5.74, 6) is 0. The maximum absolute atomic E-state index is 6.18. The fraction of sp³-hybridized carbons (Fsp3) is 0.467. The van der Waals surface area contributed by atoms with Gasteiger partial charge < -0.3 is 5.32 Å². The summed E-state index contributed by atoms with van der Waals surface area (Å²) in [5.41, 5.74) is 4.03. The Hall–Kier alpha value is -0.790. The Morgan fingerprint density at radius 2 is 2.24 bits per heavy atom. The third-order valence-corrected chi connectivity index (χ3v) is 3.63. The number of rotatable bonds is 5. The molecule has 1 N–H and O–H groups in total. The van der Waals surface area contributed by atoms with Gasteiger partial charge >= 0.3 is 0 Å². The van der Waals surface area contributed by atoms with E-state index in [4.69, 9.17) is 11.6 Å². The molecule has 2 rings (SSSR count). The first-order valence-corrected chi connectivity index (χ1v) is 6.77. The normalized spacial score (nSPS) is 15.1. The lowest BCUT2D eigenvalue weighted by Gasteiger charge is -2.08. The molecule has 1 aliphatic carbocycles. The highest BCUT2D eigenvalue weighted by atomic mass is 35.5. The van der Waals surface area contributed by atoms with Crippen LogP contribution in [-0.2, 0) is 6.54 Å². The summed E-state index contributed by atoms with van der Waals surface area (Å²) in [6, 6.07) is 6.25. The topological polar surface area (TPSA) is 12.0 Å². The molecule has 0 unspecified atom stereocenters. The lowest BCUT2D eigenvalue weighted by molar-refractivity contribution is 0.676. The van der Waals surface area contributed by atoms with Gasteiger partial charge in [-0.25, -0.2) is 0 Å². The summed E-state index contributed by atoms with van der Waals surface area (Å²) in [5, 5.41) is 4.34. The van der Waals surface area contributed by atoms with Crippen molar-refractivity contribution in [2.24, 2.45) is 0 Å². The Morgan fingerprint density at radius 3 is 2.94 bits per heavy atom. The molecule has 1 aromatic rings. The fourth-order valence-electron chi connectivity index (χ4n) is 2.23. The lowest BCUT2D eigenvalue weighted by Crippen LogP contribution is -2.15. The molecule has 0 saturated heterocycles. The molecule has 1 aromatic carbocycles. The van der Waals surface area contributed by atoms with Crippen molar-refractivity contribution in [3.8, 4) is 0 Å². The van der Waals surface area contributed by atoms with E-state index in [2.05, 4.69) is 30.4 Å². The van der Waals surface area contributed by atoms with Crippen LogP contribution < -0.4 is 5.32 Å². The van der Waals surface area contributed by atoms with Crippen LogP contribution in [0, 0.1) is 6.92 Å². The van der Waals surface area contributed by atoms with E-state index >= 15 is 0 Å². The maximum atomic E-state index is 6.18. The zero-order valence-corrected chi connectivity index (χ0v) is 11.2. The highest BCUT2D eigenvalue weighted by Gasteiger charge is 2.04. The number of nitrogens with one attached hydrogen (secondary N) is 1. The van der Waals surface area contributed by atoms with Crippen LogP contribution in [0.4, 0.5) is 0 Å². The summed E-state index contributed by atoms with van der Waals surface area (Å²) in [4.78, 5) is 0. The molecule has 2 heteroatoms. The lowest BCUT2D eigenvalue weighted by atomic mass is 10.1. The number of aryl methyl sites for hydroxylation is 1. The van der Waals surface area contributed by atoms with Crippen molar-refractivity contribution < 1.29 is 0 Å². The van der Waals surface area contributed by atoms with E-state index in [-0.39, 0.29) is 0 Å². The second-order valence-electron chi connectivity index (χ2n) is 4.78. The van der Waals surface area contributed by atoms with Gasteiger partial charge in [-0.1, -0.05) is 35.4 Å². The Bertz CT molecular complexity index is 409. The molecule has 0 atom stereocenters. The molecule has 1 nitrogen and oxygen atoms in total. The van der Waals surface area contributed by atoms with Gasteiger partial charge in [-0.3, -0.25) is 0 Å². The quantitative estimate of drug-likeness (QED) is 0.608. The molecule has 0 radical (unpaired) electrons. The predicted octanol–water partition coefficient (Wildman–Crippen LogP) is 4.24. The Balaban J connectivity index is 1.74. The van der Waals surface area contributed by atoms with E-state index in [1.54, 1.807) is 5.57 Å². The molecular weight excluding hydrogens is 230 g/mol. The van der Waals surface area contributed by atoms with E-state index in [9.17, 15) is 0 Å². The van der Waals surface area contributed by atoms with Gasteiger partial charge in [0.15, 0.2) is 0 Å². The van der Waals surface area contributed by atoms with Gasteiger partial charge in [0.25, 0.3) is 0 Å². The van der Waals surface area contributed by atoms with Crippen LogP contribution in [0.25, 0.3) is 0 Å². The average Bonchev–Trinajstić information content (AvgIpc) is 2.79. The molecule has 0 aromatic heterocycles. The fourth-order valence-corrected chi connectivity index (χ4v) is 2.53. The molecule has 17 heavy (non-hydrogen) atoms. The van der Waals surface area contributed by atoms with Crippen LogP contribution in [0.5, 0.6) is 0 Å². The first-order valence-electron chi connectivity index (χ1n) is 6.39. The van der Waals surface area contributed by atoms with E-state index in [0.29, 0.717) is 0 Å². The molecule has 0 saturated carbocycles. The first-order chi connectivity index (χ1) is 8.25. The summed E-state index contributed by atoms with van der Waals surface area (Å²) in [6.07, 6.45) is 7.50. The predicted molar refractivity (Wildman–Crippen MR) is 74.4 cm³/mol. The van der Waals surface area contributed by atoms with E-state index < -0.39 is 0 Å². The van der Waals surface area contributed by atoms with Gasteiger partial charge in [-0.15, -0.1) is 0 Å². The second-order valence-corrected chi connectivity index (χ2v) is 5.18. The Labute approximate surface area is 109 Å². The van der Waals surface area contributed by atoms with Crippen LogP contribution in [0.2, 0.25) is 5.02 Å². The van der Waals surface area contributed by atoms with Gasteiger partial charge in [-0.2, -0.15) is 0 Å². The van der Waals surface area contributed by atoms with Crippen LogP contribution >= 0.6 is 11.6 Å². The average molecular weight is 250 g/mol. The summed E-state index contributed by atoms with van der Waals surface area (Å²) >= 11 is 6.18. The number of benzene rings is 1. The summed E-state index contributed by atoms with van der Waals surface area (Å²) in [6.45, 7) is 3.98. The van der Waals surface area contributed by atoms with E-state index in [1.165, 1.54) is 36.8 Å². The van der Waals surface area contributed by atoms with Crippen molar-refractivity contribution in [2.45, 2.75) is 39.2 Å². The van der Waals surface area contributed by atoms with Crippen molar-refractivity contribution in [3.63, 3.8) is 0 Å². The molecule has 0 amide bonds. The number of hydrogen-bond donors (Lipinski definition) is 1. The zero-order valence-electron chi connectivity index (χ0n) is 10.4. The maximum Gasteiger partial charge on any atom is 0.0453 e. The van der Waals surface area contributed by atoms with Gasteiger partial charge in [0, 0.05) is 11.6 Å². The van der Waals surface area contributed by atoms with Crippen LogP contribution in [0.3, 0.4) is 0 Å². The molecule has 92 valence electrons. The third-order valence-electron chi connectivity index (χ3n) is 3.28. The number of halogens is 1. The molecular formula is C15H20ClN. The second kappa shape index (κ2) is 6.23. The molecule has 0 spiro atoms. The van der Waals surface area contributed by atoms with E-state index in [0.717, 1.165) is 18.1 Å². The monoisotopic (exact) mass is 249 g/mol. The van der Waals surface area contributed by atoms with Crippen molar-refractivity contribution in [1.29, 1.82) is 0 Å². The number of hydrogen-bond acceptors (Lipinski definition) is 1. The molecule has 0 bridgehead atoms. The third kappa shape index (κ3) is 3.86. The highest BCUT2D eigenvalue weighted by Crippen LogP contribution is 2.20. The standard InChI is InChI=1S/C15H20ClN/c1-12-6-7-14(15(16)10-12)11-17-9-8-13-4-2-3-5-13/h4,6-7,10,17H,2-3,5,8-9,11H2,1H3. The van der Waals surface area contributed by atoms with Crippen LogP contribution in [-0.4, -0.2) is 6.54 Å². The molecule has 0 heterocycles. The molecule has 0 fully saturated rings. The van der Waals surface area contributed by atoms with E-state index in [1.807, 2.05) is 6.07 Å². The van der Waals surface area contributed by atoms with Gasteiger partial charge in [0.1, 0.15) is 0 Å². The van der Waals surface area contributed by atoms with Gasteiger partial charge in [0.2, 0.25) is 0 Å². The first kappa shape index (κ1) is 12.7. The summed E-state index contributed by atoms with van der Waals surface area (Å²) in [7, 11) is 0. The Morgan fingerprint density at radius 1 is 1.35 bits per heavy atom. The van der Waals surface area contributed by atoms with Crippen molar-refractivity contribution in [3.05, 3.63) is 46.0 Å².